The van der Waals surface area contributed by atoms with E-state index in [0.717, 1.165) is 5.56 Å². The predicted molar refractivity (Wildman–Crippen MR) is 124 cm³/mol. The molecule has 33 heavy (non-hydrogen) atoms. The molecular weight excluding hydrogens is 422 g/mol. The fourth-order valence-electron chi connectivity index (χ4n) is 4.09. The number of furan rings is 1. The number of Topliss-reactive ketones (excluding diaryl/α,β-unsaturated/α-hetero) is 1. The number of benzene rings is 2. The van der Waals surface area contributed by atoms with Crippen molar-refractivity contribution < 1.29 is 28.6 Å². The number of aliphatic hydroxyl groups excluding tert-OH is 1. The molecule has 1 saturated heterocycles. The van der Waals surface area contributed by atoms with Crippen molar-refractivity contribution in [1.29, 1.82) is 0 Å². The van der Waals surface area contributed by atoms with E-state index in [4.69, 9.17) is 13.9 Å². The molecule has 1 aromatic heterocycles. The minimum absolute atomic E-state index is 0.0310. The molecule has 1 unspecified atom stereocenters. The summed E-state index contributed by atoms with van der Waals surface area (Å²) in [6, 6.07) is 12.8. The maximum absolute atomic E-state index is 13.2. The van der Waals surface area contributed by atoms with Crippen molar-refractivity contribution in [1.82, 2.24) is 0 Å². The van der Waals surface area contributed by atoms with Crippen molar-refractivity contribution in [3.8, 4) is 11.5 Å². The van der Waals surface area contributed by atoms with Gasteiger partial charge in [-0.15, -0.1) is 0 Å². The summed E-state index contributed by atoms with van der Waals surface area (Å²) in [6.07, 6.45) is 1.47. The summed E-state index contributed by atoms with van der Waals surface area (Å²) in [7, 11) is 1.57. The first-order valence-electron chi connectivity index (χ1n) is 10.6. The fourth-order valence-corrected chi connectivity index (χ4v) is 4.09. The van der Waals surface area contributed by atoms with Crippen LogP contribution in [0.4, 0.5) is 5.69 Å². The highest BCUT2D eigenvalue weighted by Crippen LogP contribution is 2.43. The monoisotopic (exact) mass is 447 g/mol. The van der Waals surface area contributed by atoms with Crippen molar-refractivity contribution in [2.24, 2.45) is 0 Å². The number of methoxy groups -OCH3 is 1. The van der Waals surface area contributed by atoms with E-state index in [9.17, 15) is 14.7 Å². The van der Waals surface area contributed by atoms with Gasteiger partial charge in [-0.25, -0.2) is 0 Å². The highest BCUT2D eigenvalue weighted by Gasteiger charge is 2.48. The molecule has 0 radical (unpaired) electrons. The van der Waals surface area contributed by atoms with Crippen LogP contribution < -0.4 is 14.4 Å². The van der Waals surface area contributed by atoms with E-state index in [-0.39, 0.29) is 11.3 Å². The Hall–Kier alpha value is -4.00. The quantitative estimate of drug-likeness (QED) is 0.327. The Morgan fingerprint density at radius 1 is 1.09 bits per heavy atom. The third-order valence-corrected chi connectivity index (χ3v) is 5.68. The molecule has 3 aromatic rings. The van der Waals surface area contributed by atoms with Crippen LogP contribution in [0.2, 0.25) is 0 Å². The molecule has 4 rings (SSSR count). The first kappa shape index (κ1) is 22.2. The molecular formula is C26H25NO6. The molecule has 1 atom stereocenters. The van der Waals surface area contributed by atoms with Crippen LogP contribution in [0.25, 0.3) is 5.76 Å². The summed E-state index contributed by atoms with van der Waals surface area (Å²) in [5.74, 6) is -0.0993. The number of nitrogens with zero attached hydrogens (tertiary/aromatic N) is 1. The number of hydrogen-bond donors (Lipinski definition) is 1. The van der Waals surface area contributed by atoms with Gasteiger partial charge in [0.2, 0.25) is 0 Å². The van der Waals surface area contributed by atoms with E-state index in [1.54, 1.807) is 62.6 Å². The lowest BCUT2D eigenvalue weighted by molar-refractivity contribution is -0.132. The lowest BCUT2D eigenvalue weighted by atomic mass is 9.95. The number of carbonyl (C=O) groups is 2. The SMILES string of the molecule is CCOc1ccc(N2C(=O)C(=O)/C(=C(\O)c3cc(C)c(OC)cc3C)C2c2ccco2)cc1. The normalized spacial score (nSPS) is 17.5. The number of carbonyl (C=O) groups excluding carboxylic acids is 2. The van der Waals surface area contributed by atoms with Crippen molar-refractivity contribution in [2.75, 3.05) is 18.6 Å². The minimum atomic E-state index is -0.917. The number of rotatable bonds is 6. The molecule has 170 valence electrons. The molecule has 1 aliphatic rings. The van der Waals surface area contributed by atoms with Gasteiger partial charge in [-0.2, -0.15) is 0 Å². The number of ketones is 1. The zero-order valence-electron chi connectivity index (χ0n) is 18.9. The van der Waals surface area contributed by atoms with Gasteiger partial charge in [0.15, 0.2) is 0 Å². The topological polar surface area (TPSA) is 89.2 Å². The Balaban J connectivity index is 1.88. The Bertz CT molecular complexity index is 1220. The Kier molecular flexibility index (Phi) is 5.96. The lowest BCUT2D eigenvalue weighted by Crippen LogP contribution is -2.29. The third kappa shape index (κ3) is 3.86. The van der Waals surface area contributed by atoms with Crippen LogP contribution in [0, 0.1) is 13.8 Å². The molecule has 2 heterocycles. The Morgan fingerprint density at radius 2 is 1.82 bits per heavy atom. The van der Waals surface area contributed by atoms with Gasteiger partial charge in [-0.05, 0) is 80.4 Å². The lowest BCUT2D eigenvalue weighted by Gasteiger charge is -2.23. The second kappa shape index (κ2) is 8.86. The summed E-state index contributed by atoms with van der Waals surface area (Å²) in [5, 5.41) is 11.3. The van der Waals surface area contributed by atoms with Crippen LogP contribution in [-0.4, -0.2) is 30.5 Å². The van der Waals surface area contributed by atoms with E-state index in [1.807, 2.05) is 13.8 Å². The average Bonchev–Trinajstić information content (AvgIpc) is 3.42. The molecule has 0 aliphatic carbocycles. The summed E-state index contributed by atoms with van der Waals surface area (Å²) in [4.78, 5) is 27.7. The number of ether oxygens (including phenoxy) is 2. The number of aryl methyl sites for hydroxylation is 2. The molecule has 0 saturated carbocycles. The Morgan fingerprint density at radius 3 is 2.42 bits per heavy atom. The van der Waals surface area contributed by atoms with Gasteiger partial charge in [0.1, 0.15) is 29.1 Å². The number of amides is 1. The van der Waals surface area contributed by atoms with Crippen molar-refractivity contribution in [2.45, 2.75) is 26.8 Å². The second-order valence-corrected chi connectivity index (χ2v) is 7.75. The van der Waals surface area contributed by atoms with E-state index >= 15 is 0 Å². The standard InChI is InChI=1S/C26H25NO6/c1-5-32-18-10-8-17(9-11-18)27-23(20-7-6-12-33-20)22(25(29)26(27)30)24(28)19-13-16(3)21(31-4)14-15(19)2/h6-14,23,28H,5H2,1-4H3/b24-22-. The molecule has 0 bridgehead atoms. The maximum atomic E-state index is 13.2. The van der Waals surface area contributed by atoms with Crippen molar-refractivity contribution >= 4 is 23.1 Å². The summed E-state index contributed by atoms with van der Waals surface area (Å²) >= 11 is 0. The highest BCUT2D eigenvalue weighted by molar-refractivity contribution is 6.51. The molecule has 1 aliphatic heterocycles. The van der Waals surface area contributed by atoms with Gasteiger partial charge in [0.05, 0.1) is 25.6 Å². The molecule has 0 spiro atoms. The van der Waals surface area contributed by atoms with Crippen LogP contribution in [0.3, 0.4) is 0 Å². The average molecular weight is 447 g/mol. The van der Waals surface area contributed by atoms with E-state index in [1.165, 1.54) is 11.2 Å². The summed E-state index contributed by atoms with van der Waals surface area (Å²) in [5.41, 5.74) is 2.41. The third-order valence-electron chi connectivity index (χ3n) is 5.68. The molecule has 1 N–H and O–H groups in total. The van der Waals surface area contributed by atoms with Gasteiger partial charge in [-0.3, -0.25) is 14.5 Å². The second-order valence-electron chi connectivity index (χ2n) is 7.75. The van der Waals surface area contributed by atoms with Gasteiger partial charge >= 0.3 is 0 Å². The van der Waals surface area contributed by atoms with Crippen LogP contribution in [0.15, 0.2) is 64.8 Å². The van der Waals surface area contributed by atoms with Crippen molar-refractivity contribution in [3.63, 3.8) is 0 Å². The smallest absolute Gasteiger partial charge is 0.300 e. The van der Waals surface area contributed by atoms with Crippen LogP contribution in [-0.2, 0) is 9.59 Å². The largest absolute Gasteiger partial charge is 0.507 e. The van der Waals surface area contributed by atoms with Crippen molar-refractivity contribution in [3.05, 3.63) is 82.8 Å². The highest BCUT2D eigenvalue weighted by atomic mass is 16.5. The minimum Gasteiger partial charge on any atom is -0.507 e. The Labute approximate surface area is 191 Å². The molecule has 1 amide bonds. The first-order chi connectivity index (χ1) is 15.9. The molecule has 7 nitrogen and oxygen atoms in total. The van der Waals surface area contributed by atoms with Gasteiger partial charge in [-0.1, -0.05) is 0 Å². The van der Waals surface area contributed by atoms with Gasteiger partial charge < -0.3 is 19.0 Å². The van der Waals surface area contributed by atoms with Crippen LogP contribution in [0.5, 0.6) is 11.5 Å². The summed E-state index contributed by atoms with van der Waals surface area (Å²) in [6.45, 7) is 6.04. The van der Waals surface area contributed by atoms with E-state index in [0.29, 0.717) is 40.7 Å². The molecule has 1 fully saturated rings. The number of aliphatic hydroxyl groups is 1. The zero-order chi connectivity index (χ0) is 23.7. The van der Waals surface area contributed by atoms with Gasteiger partial charge in [0.25, 0.3) is 11.7 Å². The molecule has 7 heteroatoms. The fraction of sp³-hybridized carbons (Fsp3) is 0.231. The maximum Gasteiger partial charge on any atom is 0.300 e. The van der Waals surface area contributed by atoms with E-state index < -0.39 is 17.7 Å². The zero-order valence-corrected chi connectivity index (χ0v) is 18.9. The number of anilines is 1. The van der Waals surface area contributed by atoms with Gasteiger partial charge in [0, 0.05) is 11.3 Å². The van der Waals surface area contributed by atoms with E-state index in [2.05, 4.69) is 0 Å². The summed E-state index contributed by atoms with van der Waals surface area (Å²) < 4.78 is 16.4. The molecule has 2 aromatic carbocycles. The first-order valence-corrected chi connectivity index (χ1v) is 10.6. The predicted octanol–water partition coefficient (Wildman–Crippen LogP) is 4.93. The van der Waals surface area contributed by atoms with Crippen LogP contribution in [0.1, 0.15) is 35.4 Å². The van der Waals surface area contributed by atoms with Crippen LogP contribution >= 0.6 is 0 Å². The number of hydrogen-bond acceptors (Lipinski definition) is 6.